The predicted octanol–water partition coefficient (Wildman–Crippen LogP) is 4.56. The third kappa shape index (κ3) is 9.61. The number of hydrogen-bond donors (Lipinski definition) is 4. The molecule has 170 valence electrons. The van der Waals surface area contributed by atoms with Crippen LogP contribution in [0.3, 0.4) is 0 Å². The number of carbonyl (C=O) groups is 2. The van der Waals surface area contributed by atoms with Crippen molar-refractivity contribution in [1.29, 1.82) is 0 Å². The van der Waals surface area contributed by atoms with Crippen LogP contribution in [0.15, 0.2) is 55.5 Å². The van der Waals surface area contributed by atoms with Gasteiger partial charge in [0.15, 0.2) is 0 Å². The molecule has 2 aromatic rings. The van der Waals surface area contributed by atoms with E-state index in [1.807, 2.05) is 0 Å². The number of unbranched alkanes of at least 4 members (excludes halogenated alkanes) is 3. The summed E-state index contributed by atoms with van der Waals surface area (Å²) < 4.78 is 1.60. The van der Waals surface area contributed by atoms with Crippen molar-refractivity contribution in [3.63, 3.8) is 0 Å². The minimum atomic E-state index is -0.210. The van der Waals surface area contributed by atoms with Crippen LogP contribution in [0.5, 0.6) is 11.5 Å². The Balaban J connectivity index is 1.55. The average molecular weight is 568 g/mol. The highest BCUT2D eigenvalue weighted by molar-refractivity contribution is 9.10. The van der Waals surface area contributed by atoms with E-state index in [-0.39, 0.29) is 23.3 Å². The highest BCUT2D eigenvalue weighted by atomic mass is 79.9. The predicted molar refractivity (Wildman–Crippen MR) is 131 cm³/mol. The van der Waals surface area contributed by atoms with Crippen LogP contribution in [0, 0.1) is 0 Å². The van der Waals surface area contributed by atoms with Crippen LogP contribution in [-0.4, -0.2) is 34.5 Å². The van der Waals surface area contributed by atoms with Crippen molar-refractivity contribution in [2.75, 3.05) is 0 Å². The van der Waals surface area contributed by atoms with E-state index >= 15 is 0 Å². The first-order valence-electron chi connectivity index (χ1n) is 9.96. The van der Waals surface area contributed by atoms with E-state index in [1.165, 1.54) is 24.6 Å². The first kappa shape index (κ1) is 25.5. The third-order valence-electron chi connectivity index (χ3n) is 4.32. The highest BCUT2D eigenvalue weighted by Crippen LogP contribution is 2.20. The summed E-state index contributed by atoms with van der Waals surface area (Å²) in [6.07, 6.45) is 6.42. The molecule has 0 saturated heterocycles. The minimum absolute atomic E-state index is 0.0761. The number of hydrazone groups is 2. The number of halogens is 2. The van der Waals surface area contributed by atoms with Crippen LogP contribution >= 0.6 is 31.9 Å². The van der Waals surface area contributed by atoms with Gasteiger partial charge in [-0.3, -0.25) is 9.59 Å². The Morgan fingerprint density at radius 2 is 1.16 bits per heavy atom. The standard InChI is InChI=1S/C22H24Br2N4O4/c23-17-7-9-19(29)15(11-17)13-25-27-21(31)5-3-1-2-4-6-22(32)28-26-14-16-12-18(24)8-10-20(16)30/h7-14,29-30H,1-6H2,(H,27,31)(H,28,32)/b25-13+,26-14+. The molecular weight excluding hydrogens is 544 g/mol. The van der Waals surface area contributed by atoms with E-state index in [0.29, 0.717) is 36.8 Å². The molecule has 0 heterocycles. The molecule has 10 heteroatoms. The first-order valence-corrected chi connectivity index (χ1v) is 11.5. The average Bonchev–Trinajstić information content (AvgIpc) is 2.75. The van der Waals surface area contributed by atoms with Gasteiger partial charge in [-0.15, -0.1) is 0 Å². The van der Waals surface area contributed by atoms with Crippen molar-refractivity contribution in [2.45, 2.75) is 38.5 Å². The number of nitrogens with zero attached hydrogens (tertiary/aromatic N) is 2. The second kappa shape index (κ2) is 13.6. The summed E-state index contributed by atoms with van der Waals surface area (Å²) in [5.74, 6) is -0.267. The monoisotopic (exact) mass is 566 g/mol. The number of amides is 2. The Morgan fingerprint density at radius 1 is 0.750 bits per heavy atom. The maximum absolute atomic E-state index is 11.8. The minimum Gasteiger partial charge on any atom is -0.507 e. The number of aromatic hydroxyl groups is 2. The molecule has 0 fully saturated rings. The van der Waals surface area contributed by atoms with Gasteiger partial charge in [0.1, 0.15) is 11.5 Å². The summed E-state index contributed by atoms with van der Waals surface area (Å²) in [6.45, 7) is 0. The smallest absolute Gasteiger partial charge is 0.240 e. The Labute approximate surface area is 203 Å². The largest absolute Gasteiger partial charge is 0.507 e. The van der Waals surface area contributed by atoms with Gasteiger partial charge in [0.05, 0.1) is 12.4 Å². The van der Waals surface area contributed by atoms with Crippen LogP contribution in [0.4, 0.5) is 0 Å². The molecule has 8 nitrogen and oxygen atoms in total. The van der Waals surface area contributed by atoms with Crippen molar-refractivity contribution < 1.29 is 19.8 Å². The van der Waals surface area contributed by atoms with Crippen LogP contribution < -0.4 is 10.9 Å². The van der Waals surface area contributed by atoms with E-state index in [0.717, 1.165) is 21.8 Å². The topological polar surface area (TPSA) is 123 Å². The Kier molecular flexibility index (Phi) is 10.9. The number of phenolic OH excluding ortho intramolecular Hbond substituents is 2. The quantitative estimate of drug-likeness (QED) is 0.180. The number of nitrogens with one attached hydrogen (secondary N) is 2. The van der Waals surface area contributed by atoms with Gasteiger partial charge < -0.3 is 10.2 Å². The van der Waals surface area contributed by atoms with Gasteiger partial charge in [-0.05, 0) is 49.2 Å². The SMILES string of the molecule is O=C(CCCCCCC(=O)N/N=C/c1cc(Br)ccc1O)N/N=C/c1cc(Br)ccc1O. The number of hydrogen-bond acceptors (Lipinski definition) is 6. The van der Waals surface area contributed by atoms with Crippen LogP contribution in [0.1, 0.15) is 49.7 Å². The van der Waals surface area contributed by atoms with Gasteiger partial charge >= 0.3 is 0 Å². The van der Waals surface area contributed by atoms with Crippen LogP contribution in [0.25, 0.3) is 0 Å². The lowest BCUT2D eigenvalue weighted by atomic mass is 10.1. The second-order valence-corrected chi connectivity index (χ2v) is 8.74. The molecule has 0 aliphatic rings. The first-order chi connectivity index (χ1) is 15.3. The molecule has 2 amide bonds. The molecule has 2 aromatic carbocycles. The maximum atomic E-state index is 11.8. The number of phenols is 2. The molecule has 32 heavy (non-hydrogen) atoms. The van der Waals surface area contributed by atoms with Crippen molar-refractivity contribution in [2.24, 2.45) is 10.2 Å². The van der Waals surface area contributed by atoms with E-state index in [2.05, 4.69) is 52.9 Å². The molecule has 0 saturated carbocycles. The number of carbonyl (C=O) groups excluding carboxylic acids is 2. The summed E-state index contributed by atoms with van der Waals surface area (Å²) in [5.41, 5.74) is 5.86. The molecule has 4 N–H and O–H groups in total. The van der Waals surface area contributed by atoms with Gasteiger partial charge in [-0.2, -0.15) is 10.2 Å². The summed E-state index contributed by atoms with van der Waals surface area (Å²) >= 11 is 6.61. The van der Waals surface area contributed by atoms with Gasteiger partial charge in [0, 0.05) is 32.9 Å². The van der Waals surface area contributed by atoms with Gasteiger partial charge in [-0.25, -0.2) is 10.9 Å². The van der Waals surface area contributed by atoms with Gasteiger partial charge in [0.2, 0.25) is 11.8 Å². The van der Waals surface area contributed by atoms with Crippen LogP contribution in [0.2, 0.25) is 0 Å². The summed E-state index contributed by atoms with van der Waals surface area (Å²) in [6, 6.07) is 9.86. The Hall–Kier alpha value is -2.72. The zero-order valence-corrected chi connectivity index (χ0v) is 20.4. The molecule has 0 spiro atoms. The van der Waals surface area contributed by atoms with Crippen molar-refractivity contribution in [3.05, 3.63) is 56.5 Å². The Bertz CT molecular complexity index is 916. The molecule has 2 rings (SSSR count). The van der Waals surface area contributed by atoms with E-state index < -0.39 is 0 Å². The molecule has 0 unspecified atom stereocenters. The van der Waals surface area contributed by atoms with Crippen molar-refractivity contribution in [3.8, 4) is 11.5 Å². The van der Waals surface area contributed by atoms with Crippen molar-refractivity contribution >= 4 is 56.1 Å². The summed E-state index contributed by atoms with van der Waals surface area (Å²) in [5, 5.41) is 27.1. The number of rotatable bonds is 11. The zero-order valence-electron chi connectivity index (χ0n) is 17.2. The van der Waals surface area contributed by atoms with Crippen LogP contribution in [-0.2, 0) is 9.59 Å². The fourth-order valence-corrected chi connectivity index (χ4v) is 3.40. The van der Waals surface area contributed by atoms with E-state index in [9.17, 15) is 19.8 Å². The third-order valence-corrected chi connectivity index (χ3v) is 5.31. The Morgan fingerprint density at radius 3 is 1.56 bits per heavy atom. The lowest BCUT2D eigenvalue weighted by Crippen LogP contribution is -2.17. The molecule has 0 aromatic heterocycles. The molecular formula is C22H24Br2N4O4. The maximum Gasteiger partial charge on any atom is 0.240 e. The number of benzene rings is 2. The summed E-state index contributed by atoms with van der Waals surface area (Å²) in [7, 11) is 0. The molecule has 0 aliphatic heterocycles. The lowest BCUT2D eigenvalue weighted by molar-refractivity contribution is -0.122. The van der Waals surface area contributed by atoms with Gasteiger partial charge in [-0.1, -0.05) is 44.7 Å². The highest BCUT2D eigenvalue weighted by Gasteiger charge is 2.03. The normalized spacial score (nSPS) is 11.2. The van der Waals surface area contributed by atoms with Crippen molar-refractivity contribution in [1.82, 2.24) is 10.9 Å². The second-order valence-electron chi connectivity index (χ2n) is 6.91. The fourth-order valence-electron chi connectivity index (χ4n) is 2.64. The molecule has 0 aliphatic carbocycles. The molecule has 0 bridgehead atoms. The van der Waals surface area contributed by atoms with E-state index in [1.54, 1.807) is 24.3 Å². The summed E-state index contributed by atoms with van der Waals surface area (Å²) in [4.78, 5) is 23.6. The zero-order chi connectivity index (χ0) is 23.3. The molecule has 0 radical (unpaired) electrons. The van der Waals surface area contributed by atoms with Gasteiger partial charge in [0.25, 0.3) is 0 Å². The van der Waals surface area contributed by atoms with E-state index in [4.69, 9.17) is 0 Å². The molecule has 0 atom stereocenters. The fraction of sp³-hybridized carbons (Fsp3) is 0.273. The lowest BCUT2D eigenvalue weighted by Gasteiger charge is -2.03.